The molecule has 1 aromatic carbocycles. The van der Waals surface area contributed by atoms with Gasteiger partial charge in [0.05, 0.1) is 7.11 Å². The van der Waals surface area contributed by atoms with E-state index < -0.39 is 34.7 Å². The molecule has 1 aliphatic heterocycles. The number of carbonyl (C=O) groups is 2. The average Bonchev–Trinajstić information content (AvgIpc) is 2.66. The molecule has 1 aromatic rings. The number of carboxylic acids is 1. The van der Waals surface area contributed by atoms with Gasteiger partial charge in [-0.15, -0.1) is 0 Å². The van der Waals surface area contributed by atoms with Gasteiger partial charge in [0.15, 0.2) is 6.29 Å². The maximum absolute atomic E-state index is 12.8. The number of benzene rings is 1. The van der Waals surface area contributed by atoms with Crippen LogP contribution in [-0.2, 0) is 41.1 Å². The summed E-state index contributed by atoms with van der Waals surface area (Å²) in [6.07, 6.45) is 1.14. The number of esters is 1. The molecular weight excluding hydrogens is 400 g/mol. The van der Waals surface area contributed by atoms with E-state index in [2.05, 4.69) is 0 Å². The van der Waals surface area contributed by atoms with Gasteiger partial charge in [0.2, 0.25) is 0 Å². The van der Waals surface area contributed by atoms with E-state index in [1.165, 1.54) is 0 Å². The molecule has 1 aliphatic rings. The van der Waals surface area contributed by atoms with Crippen LogP contribution in [0.5, 0.6) is 5.75 Å². The highest BCUT2D eigenvalue weighted by Gasteiger charge is 2.51. The smallest absolute Gasteiger partial charge is 0.350 e. The number of rotatable bonds is 6. The van der Waals surface area contributed by atoms with Gasteiger partial charge in [-0.1, -0.05) is 53.7 Å². The summed E-state index contributed by atoms with van der Waals surface area (Å²) in [5.74, 6) is -2.24. The van der Waals surface area contributed by atoms with Crippen LogP contribution >= 0.6 is 0 Å². The summed E-state index contributed by atoms with van der Waals surface area (Å²) in [6.45, 7) is 12.3. The van der Waals surface area contributed by atoms with Crippen molar-refractivity contribution in [3.8, 4) is 5.75 Å². The molecule has 0 radical (unpaired) electrons. The van der Waals surface area contributed by atoms with E-state index in [9.17, 15) is 19.8 Å². The van der Waals surface area contributed by atoms with Crippen LogP contribution in [0.2, 0.25) is 0 Å². The first-order chi connectivity index (χ1) is 14.2. The Bertz CT molecular complexity index is 775. The van der Waals surface area contributed by atoms with Crippen LogP contribution < -0.4 is 0 Å². The van der Waals surface area contributed by atoms with Crippen LogP contribution in [0.25, 0.3) is 0 Å². The Morgan fingerprint density at radius 2 is 1.61 bits per heavy atom. The molecule has 7 heteroatoms. The molecule has 1 saturated heterocycles. The van der Waals surface area contributed by atoms with Crippen molar-refractivity contribution in [3.63, 3.8) is 0 Å². The fraction of sp³-hybridized carbons (Fsp3) is 0.667. The maximum Gasteiger partial charge on any atom is 0.350 e. The summed E-state index contributed by atoms with van der Waals surface area (Å²) in [5, 5.41) is 21.0. The largest absolute Gasteiger partial charge is 0.507 e. The topological polar surface area (TPSA) is 102 Å². The number of carboxylic acid groups (broad SMARTS) is 1. The van der Waals surface area contributed by atoms with Crippen molar-refractivity contribution in [1.82, 2.24) is 0 Å². The zero-order valence-corrected chi connectivity index (χ0v) is 19.7. The second-order valence-corrected chi connectivity index (χ2v) is 10.3. The number of phenols is 1. The van der Waals surface area contributed by atoms with E-state index in [0.717, 1.165) is 20.0 Å². The fourth-order valence-electron chi connectivity index (χ4n) is 3.80. The third kappa shape index (κ3) is 5.57. The predicted molar refractivity (Wildman–Crippen MR) is 116 cm³/mol. The summed E-state index contributed by atoms with van der Waals surface area (Å²) in [4.78, 5) is 25.2. The number of hydrogen-bond acceptors (Lipinski definition) is 6. The van der Waals surface area contributed by atoms with Gasteiger partial charge in [0, 0.05) is 13.0 Å². The lowest BCUT2D eigenvalue weighted by atomic mass is 9.77. The SMILES string of the molecule is COC(=O)C(Cc1cc(C(C)(C)C)c(O)c(C(C)(C)C)c1)(OC1CCCCO1)C(=O)O. The van der Waals surface area contributed by atoms with E-state index in [1.807, 2.05) is 41.5 Å². The Morgan fingerprint density at radius 1 is 1.06 bits per heavy atom. The number of hydrogen-bond donors (Lipinski definition) is 2. The van der Waals surface area contributed by atoms with Gasteiger partial charge >= 0.3 is 11.9 Å². The Hall–Kier alpha value is -2.12. The van der Waals surface area contributed by atoms with Crippen LogP contribution in [0.3, 0.4) is 0 Å². The quantitative estimate of drug-likeness (QED) is 0.512. The number of carbonyl (C=O) groups excluding carboxylic acids is 1. The molecule has 2 rings (SSSR count). The molecule has 0 saturated carbocycles. The molecular formula is C24H36O7. The molecule has 0 spiro atoms. The zero-order valence-electron chi connectivity index (χ0n) is 19.7. The number of ether oxygens (including phenoxy) is 3. The van der Waals surface area contributed by atoms with Crippen molar-refractivity contribution in [1.29, 1.82) is 0 Å². The highest BCUT2D eigenvalue weighted by molar-refractivity contribution is 6.03. The van der Waals surface area contributed by atoms with Gasteiger partial charge in [-0.25, -0.2) is 9.59 Å². The van der Waals surface area contributed by atoms with Crippen LogP contribution in [0.15, 0.2) is 12.1 Å². The molecule has 1 fully saturated rings. The van der Waals surface area contributed by atoms with Gasteiger partial charge in [-0.2, -0.15) is 0 Å². The molecule has 2 N–H and O–H groups in total. The minimum atomic E-state index is -2.25. The van der Waals surface area contributed by atoms with Gasteiger partial charge in [-0.3, -0.25) is 0 Å². The Morgan fingerprint density at radius 3 is 2.00 bits per heavy atom. The van der Waals surface area contributed by atoms with Crippen LogP contribution in [0.1, 0.15) is 77.5 Å². The Labute approximate surface area is 184 Å². The lowest BCUT2D eigenvalue weighted by Gasteiger charge is -2.34. The number of aromatic hydroxyl groups is 1. The Balaban J connectivity index is 2.62. The van der Waals surface area contributed by atoms with Crippen molar-refractivity contribution in [2.45, 2.75) is 89.9 Å². The van der Waals surface area contributed by atoms with E-state index in [0.29, 0.717) is 29.7 Å². The van der Waals surface area contributed by atoms with Crippen molar-refractivity contribution in [2.75, 3.05) is 13.7 Å². The number of phenolic OH excluding ortho intramolecular Hbond substituents is 1. The standard InChI is InChI=1S/C24H36O7/c1-22(2,3)16-12-15(13-17(19(16)25)23(4,5)6)14-24(20(26)27,21(28)29-7)31-18-10-8-9-11-30-18/h12-13,18,25H,8-11,14H2,1-7H3,(H,26,27). The normalized spacial score (nSPS) is 19.5. The van der Waals surface area contributed by atoms with Crippen LogP contribution in [0.4, 0.5) is 0 Å². The molecule has 2 unspecified atom stereocenters. The molecule has 0 bridgehead atoms. The van der Waals surface area contributed by atoms with Crippen molar-refractivity contribution in [3.05, 3.63) is 28.8 Å². The molecule has 0 amide bonds. The minimum absolute atomic E-state index is 0.180. The summed E-state index contributed by atoms with van der Waals surface area (Å²) in [5.41, 5.74) is -1.13. The van der Waals surface area contributed by atoms with Gasteiger partial charge < -0.3 is 24.4 Å². The summed E-state index contributed by atoms with van der Waals surface area (Å²) in [6, 6.07) is 3.49. The van der Waals surface area contributed by atoms with Crippen molar-refractivity contribution in [2.24, 2.45) is 0 Å². The van der Waals surface area contributed by atoms with Gasteiger partial charge in [0.25, 0.3) is 5.60 Å². The van der Waals surface area contributed by atoms with Crippen molar-refractivity contribution >= 4 is 11.9 Å². The van der Waals surface area contributed by atoms with Gasteiger partial charge in [-0.05, 0) is 46.8 Å². The second kappa shape index (κ2) is 9.17. The average molecular weight is 437 g/mol. The minimum Gasteiger partial charge on any atom is -0.507 e. The van der Waals surface area contributed by atoms with E-state index >= 15 is 0 Å². The third-order valence-corrected chi connectivity index (χ3v) is 5.57. The first-order valence-electron chi connectivity index (χ1n) is 10.7. The first-order valence-corrected chi connectivity index (χ1v) is 10.7. The maximum atomic E-state index is 12.8. The molecule has 31 heavy (non-hydrogen) atoms. The fourth-order valence-corrected chi connectivity index (χ4v) is 3.80. The first kappa shape index (κ1) is 25.1. The predicted octanol–water partition coefficient (Wildman–Crippen LogP) is 4.07. The lowest BCUT2D eigenvalue weighted by Crippen LogP contribution is -2.54. The van der Waals surface area contributed by atoms with E-state index in [1.54, 1.807) is 12.1 Å². The molecule has 0 aliphatic carbocycles. The third-order valence-electron chi connectivity index (χ3n) is 5.57. The Kier molecular flexibility index (Phi) is 7.43. The van der Waals surface area contributed by atoms with Crippen molar-refractivity contribution < 1.29 is 34.0 Å². The number of aliphatic carboxylic acids is 1. The van der Waals surface area contributed by atoms with E-state index in [4.69, 9.17) is 14.2 Å². The summed E-state index contributed by atoms with van der Waals surface area (Å²) in [7, 11) is 1.14. The van der Waals surface area contributed by atoms with Crippen LogP contribution in [0, 0.1) is 0 Å². The monoisotopic (exact) mass is 436 g/mol. The van der Waals surface area contributed by atoms with Crippen LogP contribution in [-0.4, -0.2) is 47.8 Å². The molecule has 0 aromatic heterocycles. The zero-order chi connectivity index (χ0) is 23.6. The molecule has 7 nitrogen and oxygen atoms in total. The second-order valence-electron chi connectivity index (χ2n) is 10.3. The molecule has 1 heterocycles. The number of methoxy groups -OCH3 is 1. The van der Waals surface area contributed by atoms with E-state index in [-0.39, 0.29) is 12.2 Å². The lowest BCUT2D eigenvalue weighted by molar-refractivity contribution is -0.237. The summed E-state index contributed by atoms with van der Waals surface area (Å²) < 4.78 is 16.2. The highest BCUT2D eigenvalue weighted by Crippen LogP contribution is 2.41. The van der Waals surface area contributed by atoms with Gasteiger partial charge in [0.1, 0.15) is 5.75 Å². The molecule has 2 atom stereocenters. The molecule has 174 valence electrons. The highest BCUT2D eigenvalue weighted by atomic mass is 16.7. The summed E-state index contributed by atoms with van der Waals surface area (Å²) >= 11 is 0.